The van der Waals surface area contributed by atoms with Crippen LogP contribution in [0.2, 0.25) is 0 Å². The number of fused-ring (bicyclic) bond motifs is 13. The first-order chi connectivity index (χ1) is 39.8. The van der Waals surface area contributed by atoms with E-state index in [1.165, 1.54) is 50.0 Å². The lowest BCUT2D eigenvalue weighted by molar-refractivity contribution is 0.668. The largest absolute Gasteiger partial charge is 0.456 e. The third-order valence-electron chi connectivity index (χ3n) is 16.7. The molecule has 16 rings (SSSR count). The summed E-state index contributed by atoms with van der Waals surface area (Å²) < 4.78 is 53.4. The summed E-state index contributed by atoms with van der Waals surface area (Å²) in [6, 6.07) is 62.2. The minimum Gasteiger partial charge on any atom is -0.456 e. The van der Waals surface area contributed by atoms with Crippen molar-refractivity contribution >= 4 is 118 Å². The predicted octanol–water partition coefficient (Wildman–Crippen LogP) is 18.2. The SMILES string of the molecule is [2H]c1c([2H])c([2H])c2c(c1[2H])c1cc(-c3ccccc3)ccc1n2-c1cc2c3c(c1)N(c1c(-c4c(C)cc(C)cc4C)cccc1-c1c(C)cc(C)cc1C)c1cc4oc5ccccc5c4cc1B3c1cc3c(cc1S2)oc1ccccc13. The predicted molar refractivity (Wildman–Crippen MR) is 330 cm³/mol. The topological polar surface area (TPSA) is 34.5 Å². The number of furan rings is 2. The van der Waals surface area contributed by atoms with Gasteiger partial charge in [-0.1, -0.05) is 174 Å². The third kappa shape index (κ3) is 6.56. The van der Waals surface area contributed by atoms with Gasteiger partial charge in [-0.15, -0.1) is 0 Å². The van der Waals surface area contributed by atoms with Crippen molar-refractivity contribution in [2.24, 2.45) is 0 Å². The summed E-state index contributed by atoms with van der Waals surface area (Å²) in [7, 11) is 0. The molecular weight excluding hydrogens is 968 g/mol. The number of anilines is 3. The molecule has 78 heavy (non-hydrogen) atoms. The van der Waals surface area contributed by atoms with Gasteiger partial charge in [0.2, 0.25) is 6.71 Å². The van der Waals surface area contributed by atoms with Crippen molar-refractivity contribution in [2.75, 3.05) is 4.90 Å². The van der Waals surface area contributed by atoms with Gasteiger partial charge in [-0.2, -0.15) is 0 Å². The quantitative estimate of drug-likeness (QED) is 0.161. The number of aromatic nitrogens is 1. The maximum atomic E-state index is 9.82. The number of hydrogen-bond acceptors (Lipinski definition) is 4. The Labute approximate surface area is 462 Å². The fraction of sp³-hybridized carbons (Fsp3) is 0.0833. The second-order valence-corrected chi connectivity index (χ2v) is 22.7. The number of rotatable bonds is 5. The van der Waals surface area contributed by atoms with Crippen molar-refractivity contribution in [2.45, 2.75) is 51.3 Å². The van der Waals surface area contributed by atoms with Gasteiger partial charge in [-0.3, -0.25) is 0 Å². The van der Waals surface area contributed by atoms with Crippen LogP contribution in [0.4, 0.5) is 17.1 Å². The Balaban J connectivity index is 1.09. The molecule has 2 aliphatic rings. The van der Waals surface area contributed by atoms with Crippen molar-refractivity contribution in [3.63, 3.8) is 0 Å². The molecule has 0 fully saturated rings. The highest BCUT2D eigenvalue weighted by Gasteiger charge is 2.44. The number of nitrogens with zero attached hydrogens (tertiary/aromatic N) is 2. The maximum absolute atomic E-state index is 9.82. The summed E-state index contributed by atoms with van der Waals surface area (Å²) in [6.45, 7) is 13.0. The van der Waals surface area contributed by atoms with E-state index in [4.69, 9.17) is 10.2 Å². The zero-order valence-corrected chi connectivity index (χ0v) is 44.8. The molecule has 0 aliphatic carbocycles. The first-order valence-electron chi connectivity index (χ1n) is 28.8. The van der Waals surface area contributed by atoms with E-state index in [1.54, 1.807) is 11.8 Å². The van der Waals surface area contributed by atoms with E-state index < -0.39 is 0 Å². The van der Waals surface area contributed by atoms with Crippen LogP contribution < -0.4 is 21.3 Å². The molecule has 14 aromatic rings. The summed E-state index contributed by atoms with van der Waals surface area (Å²) in [4.78, 5) is 4.64. The molecule has 3 aromatic heterocycles. The minimum atomic E-state index is -0.279. The highest BCUT2D eigenvalue weighted by atomic mass is 32.2. The molecule has 370 valence electrons. The van der Waals surface area contributed by atoms with E-state index in [0.717, 1.165) is 120 Å². The monoisotopic (exact) mass is 1020 g/mol. The molecular formula is C72H51BN2O2S. The van der Waals surface area contributed by atoms with Crippen LogP contribution in [-0.2, 0) is 0 Å². The fourth-order valence-corrected chi connectivity index (χ4v) is 14.9. The Morgan fingerprint density at radius 1 is 0.436 bits per heavy atom. The molecule has 0 spiro atoms. The standard InChI is InChI=1S/C72H51BN2O2S/c1-40-29-42(3)69(43(4)30-40)52-22-16-23-53(70-44(5)31-41(2)32-45(70)6)72(52)75-61-38-65-55(50-20-11-14-25-63(50)76-65)36-57(61)73-58-37-56-51-21-12-15-26-64(51)77-66(56)39-67(58)78-68-35-48(34-62(75)71(68)73)74-59-24-13-10-19-49(59)54-33-47(27-28-60(54)74)46-17-8-7-9-18-46/h7-39H,1-6H3/i10D,13D,19D,24D. The molecule has 2 aliphatic heterocycles. The molecule has 6 heteroatoms. The summed E-state index contributed by atoms with van der Waals surface area (Å²) in [6.07, 6.45) is 0. The first-order valence-corrected chi connectivity index (χ1v) is 27.6. The molecule has 0 amide bonds. The molecule has 0 atom stereocenters. The summed E-state index contributed by atoms with van der Waals surface area (Å²) in [5.74, 6) is 0. The number of hydrogen-bond donors (Lipinski definition) is 0. The van der Waals surface area contributed by atoms with Crippen LogP contribution in [0.15, 0.2) is 219 Å². The van der Waals surface area contributed by atoms with E-state index in [1.807, 2.05) is 36.4 Å². The van der Waals surface area contributed by atoms with Crippen LogP contribution >= 0.6 is 11.8 Å². The number of aryl methyl sites for hydroxylation is 6. The van der Waals surface area contributed by atoms with Crippen LogP contribution in [0, 0.1) is 41.5 Å². The highest BCUT2D eigenvalue weighted by molar-refractivity contribution is 8.00. The summed E-state index contributed by atoms with van der Waals surface area (Å²) in [5, 5.41) is 5.45. The average molecular weight is 1020 g/mol. The minimum absolute atomic E-state index is 0.0703. The van der Waals surface area contributed by atoms with E-state index >= 15 is 0 Å². The summed E-state index contributed by atoms with van der Waals surface area (Å²) in [5.41, 5.74) is 25.3. The highest BCUT2D eigenvalue weighted by Crippen LogP contribution is 2.53. The van der Waals surface area contributed by atoms with Gasteiger partial charge in [0.25, 0.3) is 0 Å². The third-order valence-corrected chi connectivity index (χ3v) is 17.8. The van der Waals surface area contributed by atoms with Crippen molar-refractivity contribution in [3.05, 3.63) is 233 Å². The van der Waals surface area contributed by atoms with Gasteiger partial charge in [0.15, 0.2) is 0 Å². The smallest absolute Gasteiger partial charge is 0.249 e. The van der Waals surface area contributed by atoms with Gasteiger partial charge in [-0.05, 0) is 145 Å². The molecule has 0 unspecified atom stereocenters. The van der Waals surface area contributed by atoms with Gasteiger partial charge in [0.1, 0.15) is 22.3 Å². The van der Waals surface area contributed by atoms with E-state index in [9.17, 15) is 4.11 Å². The van der Waals surface area contributed by atoms with E-state index in [2.05, 4.69) is 191 Å². The van der Waals surface area contributed by atoms with E-state index in [0.29, 0.717) is 10.9 Å². The second-order valence-electron chi connectivity index (χ2n) is 21.6. The van der Waals surface area contributed by atoms with Crippen LogP contribution in [0.1, 0.15) is 38.9 Å². The van der Waals surface area contributed by atoms with Gasteiger partial charge >= 0.3 is 0 Å². The maximum Gasteiger partial charge on any atom is 0.249 e. The van der Waals surface area contributed by atoms with Crippen molar-refractivity contribution in [1.82, 2.24) is 4.57 Å². The Morgan fingerprint density at radius 3 is 1.71 bits per heavy atom. The van der Waals surface area contributed by atoms with Crippen molar-refractivity contribution in [3.8, 4) is 39.1 Å². The average Bonchev–Trinajstić information content (AvgIpc) is 1.43. The Kier molecular flexibility index (Phi) is 8.86. The number of benzene rings is 11. The van der Waals surface area contributed by atoms with Crippen LogP contribution in [0.25, 0.3) is 105 Å². The van der Waals surface area contributed by atoms with Crippen LogP contribution in [0.3, 0.4) is 0 Å². The van der Waals surface area contributed by atoms with Crippen LogP contribution in [-0.4, -0.2) is 11.3 Å². The van der Waals surface area contributed by atoms with Gasteiger partial charge in [-0.25, -0.2) is 0 Å². The lowest BCUT2D eigenvalue weighted by Crippen LogP contribution is -2.60. The normalized spacial score (nSPS) is 13.6. The van der Waals surface area contributed by atoms with E-state index in [-0.39, 0.29) is 30.9 Å². The molecule has 0 saturated carbocycles. The van der Waals surface area contributed by atoms with Crippen LogP contribution in [0.5, 0.6) is 0 Å². The van der Waals surface area contributed by atoms with Crippen molar-refractivity contribution in [1.29, 1.82) is 0 Å². The zero-order valence-electron chi connectivity index (χ0n) is 47.9. The van der Waals surface area contributed by atoms with Crippen molar-refractivity contribution < 1.29 is 14.3 Å². The molecule has 11 aromatic carbocycles. The van der Waals surface area contributed by atoms with Gasteiger partial charge < -0.3 is 18.3 Å². The molecule has 0 N–H and O–H groups in total. The lowest BCUT2D eigenvalue weighted by Gasteiger charge is -2.42. The zero-order chi connectivity index (χ0) is 55.7. The molecule has 5 heterocycles. The molecule has 4 nitrogen and oxygen atoms in total. The molecule has 0 radical (unpaired) electrons. The lowest BCUT2D eigenvalue weighted by atomic mass is 9.34. The Hall–Kier alpha value is -8.97. The molecule has 0 saturated heterocycles. The number of para-hydroxylation sites is 4. The fourth-order valence-electron chi connectivity index (χ4n) is 13.7. The Morgan fingerprint density at radius 2 is 1.04 bits per heavy atom. The second kappa shape index (κ2) is 16.8. The van der Waals surface area contributed by atoms with Gasteiger partial charge in [0, 0.05) is 76.4 Å². The molecule has 0 bridgehead atoms. The van der Waals surface area contributed by atoms with Gasteiger partial charge in [0.05, 0.1) is 22.2 Å². The Bertz CT molecular complexity index is 5050. The first kappa shape index (κ1) is 41.2. The summed E-state index contributed by atoms with van der Waals surface area (Å²) >= 11 is 1.73.